The van der Waals surface area contributed by atoms with Crippen molar-refractivity contribution in [2.45, 2.75) is 19.8 Å². The number of Topliss-reactive ketones (excluding diaryl/α,β-unsaturated/α-hetero) is 1. The minimum Gasteiger partial charge on any atom is -0.317 e. The van der Waals surface area contributed by atoms with Crippen molar-refractivity contribution in [3.05, 3.63) is 29.3 Å². The van der Waals surface area contributed by atoms with Crippen LogP contribution in [0.2, 0.25) is 0 Å². The zero-order valence-corrected chi connectivity index (χ0v) is 10.7. The van der Waals surface area contributed by atoms with Gasteiger partial charge in [-0.05, 0) is 18.7 Å². The van der Waals surface area contributed by atoms with Crippen LogP contribution in [-0.4, -0.2) is 23.9 Å². The number of carbonyl (C=O) groups excluding carboxylic acids is 1. The third kappa shape index (κ3) is 3.35. The van der Waals surface area contributed by atoms with Crippen LogP contribution in [-0.2, 0) is 11.2 Å². The summed E-state index contributed by atoms with van der Waals surface area (Å²) < 4.78 is 1.15. The Hall–Kier alpha value is -1.26. The fourth-order valence-corrected chi connectivity index (χ4v) is 2.65. The summed E-state index contributed by atoms with van der Waals surface area (Å²) in [5, 5.41) is 4.08. The predicted molar refractivity (Wildman–Crippen MR) is 71.5 cm³/mol. The van der Waals surface area contributed by atoms with Crippen LogP contribution >= 0.6 is 11.3 Å². The lowest BCUT2D eigenvalue weighted by Crippen LogP contribution is -2.18. The molecular formula is C13H16N2OS. The number of aromatic nitrogens is 1. The zero-order valence-electron chi connectivity index (χ0n) is 9.90. The van der Waals surface area contributed by atoms with Gasteiger partial charge in [-0.2, -0.15) is 0 Å². The van der Waals surface area contributed by atoms with Crippen molar-refractivity contribution in [2.24, 2.45) is 0 Å². The standard InChI is InChI=1S/C13H16N2OS/c1-2-14-8-7-10(16)9-13-15-11-5-3-4-6-12(11)17-13/h3-6,14H,2,7-9H2,1H3. The number of fused-ring (bicyclic) bond motifs is 1. The zero-order chi connectivity index (χ0) is 12.1. The molecule has 0 saturated heterocycles. The Labute approximate surface area is 105 Å². The van der Waals surface area contributed by atoms with E-state index in [1.165, 1.54) is 0 Å². The quantitative estimate of drug-likeness (QED) is 0.798. The van der Waals surface area contributed by atoms with Gasteiger partial charge in [0.25, 0.3) is 0 Å². The van der Waals surface area contributed by atoms with Crippen molar-refractivity contribution >= 4 is 27.3 Å². The Bertz CT molecular complexity index is 474. The Balaban J connectivity index is 1.96. The van der Waals surface area contributed by atoms with Gasteiger partial charge in [-0.1, -0.05) is 19.1 Å². The van der Waals surface area contributed by atoms with E-state index in [4.69, 9.17) is 0 Å². The van der Waals surface area contributed by atoms with Gasteiger partial charge in [-0.25, -0.2) is 4.98 Å². The molecule has 2 aromatic rings. The smallest absolute Gasteiger partial charge is 0.140 e. The lowest BCUT2D eigenvalue weighted by molar-refractivity contribution is -0.118. The molecule has 3 nitrogen and oxygen atoms in total. The van der Waals surface area contributed by atoms with Crippen molar-refractivity contribution in [2.75, 3.05) is 13.1 Å². The molecule has 4 heteroatoms. The Kier molecular flexibility index (Phi) is 4.23. The lowest BCUT2D eigenvalue weighted by atomic mass is 10.2. The van der Waals surface area contributed by atoms with Crippen molar-refractivity contribution in [3.63, 3.8) is 0 Å². The number of nitrogens with one attached hydrogen (secondary N) is 1. The SMILES string of the molecule is CCNCCC(=O)Cc1nc2ccccc2s1. The molecule has 0 spiro atoms. The van der Waals surface area contributed by atoms with Crippen molar-refractivity contribution < 1.29 is 4.79 Å². The summed E-state index contributed by atoms with van der Waals surface area (Å²) in [6.45, 7) is 3.71. The molecule has 1 heterocycles. The lowest BCUT2D eigenvalue weighted by Gasteiger charge is -1.99. The molecule has 0 bridgehead atoms. The number of ketones is 1. The fourth-order valence-electron chi connectivity index (χ4n) is 1.66. The average Bonchev–Trinajstić information content (AvgIpc) is 2.71. The number of para-hydroxylation sites is 1. The van der Waals surface area contributed by atoms with E-state index in [1.807, 2.05) is 31.2 Å². The topological polar surface area (TPSA) is 42.0 Å². The second-order valence-electron chi connectivity index (χ2n) is 3.89. The molecular weight excluding hydrogens is 232 g/mol. The monoisotopic (exact) mass is 248 g/mol. The van der Waals surface area contributed by atoms with Gasteiger partial charge < -0.3 is 5.32 Å². The molecule has 0 aliphatic carbocycles. The second-order valence-corrected chi connectivity index (χ2v) is 5.01. The van der Waals surface area contributed by atoms with Gasteiger partial charge in [-0.3, -0.25) is 4.79 Å². The summed E-state index contributed by atoms with van der Waals surface area (Å²) in [7, 11) is 0. The van der Waals surface area contributed by atoms with E-state index in [0.717, 1.165) is 28.3 Å². The maximum atomic E-state index is 11.7. The van der Waals surface area contributed by atoms with Crippen LogP contribution in [0, 0.1) is 0 Å². The molecule has 0 fully saturated rings. The highest BCUT2D eigenvalue weighted by Crippen LogP contribution is 2.21. The average molecular weight is 248 g/mol. The summed E-state index contributed by atoms with van der Waals surface area (Å²) >= 11 is 1.61. The van der Waals surface area contributed by atoms with Crippen LogP contribution in [0.4, 0.5) is 0 Å². The van der Waals surface area contributed by atoms with Crippen LogP contribution in [0.1, 0.15) is 18.4 Å². The molecule has 1 aromatic carbocycles. The number of hydrogen-bond donors (Lipinski definition) is 1. The van der Waals surface area contributed by atoms with Gasteiger partial charge in [0, 0.05) is 13.0 Å². The van der Waals surface area contributed by atoms with E-state index in [9.17, 15) is 4.79 Å². The largest absolute Gasteiger partial charge is 0.317 e. The number of thiazole rings is 1. The van der Waals surface area contributed by atoms with E-state index in [2.05, 4.69) is 10.3 Å². The van der Waals surface area contributed by atoms with Crippen LogP contribution < -0.4 is 5.32 Å². The van der Waals surface area contributed by atoms with E-state index < -0.39 is 0 Å². The van der Waals surface area contributed by atoms with E-state index in [0.29, 0.717) is 12.8 Å². The maximum absolute atomic E-state index is 11.7. The highest BCUT2D eigenvalue weighted by molar-refractivity contribution is 7.18. The highest BCUT2D eigenvalue weighted by Gasteiger charge is 2.08. The molecule has 2 rings (SSSR count). The van der Waals surface area contributed by atoms with Crippen molar-refractivity contribution in [1.29, 1.82) is 0 Å². The molecule has 1 aromatic heterocycles. The van der Waals surface area contributed by atoms with Crippen LogP contribution in [0.25, 0.3) is 10.2 Å². The number of rotatable bonds is 6. The Morgan fingerprint density at radius 3 is 3.00 bits per heavy atom. The summed E-state index contributed by atoms with van der Waals surface area (Å²) in [5.74, 6) is 0.255. The molecule has 0 radical (unpaired) electrons. The second kappa shape index (κ2) is 5.89. The number of carbonyl (C=O) groups is 1. The van der Waals surface area contributed by atoms with Crippen molar-refractivity contribution in [3.8, 4) is 0 Å². The third-order valence-corrected chi connectivity index (χ3v) is 3.55. The molecule has 0 unspecified atom stereocenters. The first-order valence-corrected chi connectivity index (χ1v) is 6.68. The van der Waals surface area contributed by atoms with Gasteiger partial charge in [-0.15, -0.1) is 11.3 Å². The Morgan fingerprint density at radius 1 is 1.41 bits per heavy atom. The van der Waals surface area contributed by atoms with Gasteiger partial charge in [0.05, 0.1) is 16.6 Å². The summed E-state index contributed by atoms with van der Waals surface area (Å²) in [6.07, 6.45) is 1.05. The van der Waals surface area contributed by atoms with Crippen LogP contribution in [0.3, 0.4) is 0 Å². The Morgan fingerprint density at radius 2 is 2.24 bits per heavy atom. The van der Waals surface area contributed by atoms with Crippen LogP contribution in [0.5, 0.6) is 0 Å². The van der Waals surface area contributed by atoms with E-state index in [-0.39, 0.29) is 5.78 Å². The number of nitrogens with zero attached hydrogens (tertiary/aromatic N) is 1. The minimum absolute atomic E-state index is 0.255. The first-order chi connectivity index (χ1) is 8.29. The predicted octanol–water partition coefficient (Wildman–Crippen LogP) is 2.41. The molecule has 1 N–H and O–H groups in total. The van der Waals surface area contributed by atoms with Gasteiger partial charge in [0.2, 0.25) is 0 Å². The molecule has 0 saturated carbocycles. The molecule has 0 atom stereocenters. The summed E-state index contributed by atoms with van der Waals surface area (Å²) in [5.41, 5.74) is 0.993. The maximum Gasteiger partial charge on any atom is 0.140 e. The highest BCUT2D eigenvalue weighted by atomic mass is 32.1. The normalized spacial score (nSPS) is 10.9. The van der Waals surface area contributed by atoms with E-state index in [1.54, 1.807) is 11.3 Å². The number of benzene rings is 1. The van der Waals surface area contributed by atoms with E-state index >= 15 is 0 Å². The summed E-state index contributed by atoms with van der Waals surface area (Å²) in [6, 6.07) is 7.99. The third-order valence-electron chi connectivity index (χ3n) is 2.52. The van der Waals surface area contributed by atoms with Gasteiger partial charge in [0.1, 0.15) is 10.8 Å². The molecule has 0 aliphatic rings. The molecule has 90 valence electrons. The van der Waals surface area contributed by atoms with Crippen molar-refractivity contribution in [1.82, 2.24) is 10.3 Å². The van der Waals surface area contributed by atoms with Gasteiger partial charge >= 0.3 is 0 Å². The first-order valence-electron chi connectivity index (χ1n) is 5.86. The van der Waals surface area contributed by atoms with Crippen LogP contribution in [0.15, 0.2) is 24.3 Å². The molecule has 0 amide bonds. The molecule has 0 aliphatic heterocycles. The fraction of sp³-hybridized carbons (Fsp3) is 0.385. The summed E-state index contributed by atoms with van der Waals surface area (Å²) in [4.78, 5) is 16.1. The molecule has 17 heavy (non-hydrogen) atoms. The number of hydrogen-bond acceptors (Lipinski definition) is 4. The minimum atomic E-state index is 0.255. The first kappa shape index (κ1) is 12.2. The van der Waals surface area contributed by atoms with Gasteiger partial charge in [0.15, 0.2) is 0 Å².